The summed E-state index contributed by atoms with van der Waals surface area (Å²) >= 11 is 0. The fourth-order valence-corrected chi connectivity index (χ4v) is 5.26. The minimum atomic E-state index is -0.946. The molecule has 226 valence electrons. The Labute approximate surface area is 239 Å². The lowest BCUT2D eigenvalue weighted by Gasteiger charge is -2.36. The lowest BCUT2D eigenvalue weighted by Crippen LogP contribution is -2.47. The van der Waals surface area contributed by atoms with E-state index in [0.717, 1.165) is 23.0 Å². The number of carbonyl (C=O) groups excluding carboxylic acids is 3. The van der Waals surface area contributed by atoms with E-state index in [9.17, 15) is 24.6 Å². The minimum Gasteiger partial charge on any atom is -0.504 e. The van der Waals surface area contributed by atoms with Gasteiger partial charge in [0.15, 0.2) is 11.5 Å². The van der Waals surface area contributed by atoms with Gasteiger partial charge in [0.1, 0.15) is 0 Å². The summed E-state index contributed by atoms with van der Waals surface area (Å²) in [6.07, 6.45) is 2.56. The Balaban J connectivity index is 2.11. The van der Waals surface area contributed by atoms with Crippen molar-refractivity contribution in [2.24, 2.45) is 17.3 Å². The van der Waals surface area contributed by atoms with E-state index in [1.165, 1.54) is 12.1 Å². The molecule has 1 aromatic rings. The molecular weight excluding hydrogens is 512 g/mol. The largest absolute Gasteiger partial charge is 0.504 e. The van der Waals surface area contributed by atoms with E-state index >= 15 is 0 Å². The summed E-state index contributed by atoms with van der Waals surface area (Å²) in [6.45, 7) is 9.60. The van der Waals surface area contributed by atoms with Gasteiger partial charge in [-0.2, -0.15) is 0 Å². The molecule has 0 saturated carbocycles. The van der Waals surface area contributed by atoms with E-state index < -0.39 is 11.3 Å². The molecular formula is C30H51N4O6+. The summed E-state index contributed by atoms with van der Waals surface area (Å²) in [5.74, 6) is -1.42. The molecule has 1 fully saturated rings. The van der Waals surface area contributed by atoms with Crippen molar-refractivity contribution >= 4 is 17.7 Å². The van der Waals surface area contributed by atoms with Gasteiger partial charge in [-0.3, -0.25) is 14.4 Å². The number of amides is 3. The van der Waals surface area contributed by atoms with Crippen molar-refractivity contribution < 1.29 is 33.8 Å². The summed E-state index contributed by atoms with van der Waals surface area (Å²) in [5, 5.41) is 25.4. The molecule has 2 rings (SSSR count). The van der Waals surface area contributed by atoms with Gasteiger partial charge in [-0.05, 0) is 43.4 Å². The van der Waals surface area contributed by atoms with Gasteiger partial charge in [0.05, 0.1) is 40.9 Å². The van der Waals surface area contributed by atoms with Crippen LogP contribution in [0.3, 0.4) is 0 Å². The molecule has 4 N–H and O–H groups in total. The molecule has 10 nitrogen and oxygen atoms in total. The molecule has 0 spiro atoms. The fraction of sp³-hybridized carbons (Fsp3) is 0.700. The number of ether oxygens (including phenoxy) is 1. The molecule has 3 atom stereocenters. The first-order valence-corrected chi connectivity index (χ1v) is 14.5. The number of carbonyl (C=O) groups is 3. The molecule has 40 heavy (non-hydrogen) atoms. The molecule has 3 unspecified atom stereocenters. The van der Waals surface area contributed by atoms with Crippen molar-refractivity contribution in [2.75, 3.05) is 67.1 Å². The van der Waals surface area contributed by atoms with Crippen LogP contribution in [0.5, 0.6) is 11.5 Å². The quantitative estimate of drug-likeness (QED) is 0.147. The number of benzene rings is 1. The van der Waals surface area contributed by atoms with Crippen LogP contribution < -0.4 is 10.6 Å². The third-order valence-electron chi connectivity index (χ3n) is 7.65. The predicted molar refractivity (Wildman–Crippen MR) is 155 cm³/mol. The molecule has 1 heterocycles. The number of hydrogen-bond donors (Lipinski definition) is 4. The van der Waals surface area contributed by atoms with Gasteiger partial charge in [-0.15, -0.1) is 0 Å². The Kier molecular flexibility index (Phi) is 12.7. The third-order valence-corrected chi connectivity index (χ3v) is 7.65. The van der Waals surface area contributed by atoms with E-state index in [2.05, 4.69) is 31.8 Å². The van der Waals surface area contributed by atoms with Crippen LogP contribution in [0.25, 0.3) is 0 Å². The van der Waals surface area contributed by atoms with E-state index in [0.29, 0.717) is 65.1 Å². The average molecular weight is 564 g/mol. The summed E-state index contributed by atoms with van der Waals surface area (Å²) in [6, 6.07) is 4.58. The first kappa shape index (κ1) is 33.4. The molecule has 10 heteroatoms. The maximum Gasteiger partial charge on any atom is 0.225 e. The zero-order valence-corrected chi connectivity index (χ0v) is 25.3. The van der Waals surface area contributed by atoms with Crippen LogP contribution in [-0.2, 0) is 25.5 Å². The zero-order valence-electron chi connectivity index (χ0n) is 25.3. The molecule has 1 aliphatic rings. The van der Waals surface area contributed by atoms with E-state index in [1.807, 2.05) is 20.8 Å². The standard InChI is InChI=1S/C30H50N4O6/c1-7-24(27(37)31-12-8-16-34(4,5)6)21-30(3,20-22(2)28(38)33-14-17-40-18-15-33)29(39)32-13-11-23-9-10-25(35)26(36)19-23/h9-10,19,22,24H,7-8,11-18,20-21H2,1-6H3,(H3-,31,32,35,36,37,39)/p+1. The normalized spacial score (nSPS) is 17.0. The summed E-state index contributed by atoms with van der Waals surface area (Å²) in [5.41, 5.74) is -0.174. The van der Waals surface area contributed by atoms with E-state index in [4.69, 9.17) is 4.74 Å². The van der Waals surface area contributed by atoms with E-state index in [-0.39, 0.29) is 35.1 Å². The Morgan fingerprint density at radius 3 is 2.33 bits per heavy atom. The number of quaternary nitrogens is 1. The lowest BCUT2D eigenvalue weighted by molar-refractivity contribution is -0.870. The second-order valence-corrected chi connectivity index (χ2v) is 12.4. The minimum absolute atomic E-state index is 0.000279. The van der Waals surface area contributed by atoms with Crippen LogP contribution in [0.1, 0.15) is 52.0 Å². The van der Waals surface area contributed by atoms with Crippen molar-refractivity contribution in [1.82, 2.24) is 15.5 Å². The summed E-state index contributed by atoms with van der Waals surface area (Å²) in [4.78, 5) is 41.8. The topological polar surface area (TPSA) is 128 Å². The number of morpholine rings is 1. The highest BCUT2D eigenvalue weighted by molar-refractivity contribution is 5.86. The Morgan fingerprint density at radius 1 is 1.05 bits per heavy atom. The van der Waals surface area contributed by atoms with Crippen LogP contribution in [0, 0.1) is 17.3 Å². The van der Waals surface area contributed by atoms with E-state index in [1.54, 1.807) is 11.0 Å². The van der Waals surface area contributed by atoms with Gasteiger partial charge in [0.2, 0.25) is 17.7 Å². The molecule has 1 saturated heterocycles. The number of nitrogens with zero attached hydrogens (tertiary/aromatic N) is 2. The second kappa shape index (κ2) is 15.2. The summed E-state index contributed by atoms with van der Waals surface area (Å²) in [7, 11) is 6.35. The van der Waals surface area contributed by atoms with Crippen molar-refractivity contribution in [3.05, 3.63) is 23.8 Å². The lowest BCUT2D eigenvalue weighted by atomic mass is 9.73. The van der Waals surface area contributed by atoms with Gasteiger partial charge in [-0.25, -0.2) is 0 Å². The smallest absolute Gasteiger partial charge is 0.225 e. The molecule has 0 radical (unpaired) electrons. The number of phenols is 2. The highest BCUT2D eigenvalue weighted by atomic mass is 16.5. The van der Waals surface area contributed by atoms with Crippen molar-refractivity contribution in [3.63, 3.8) is 0 Å². The number of rotatable bonds is 15. The van der Waals surface area contributed by atoms with Crippen LogP contribution >= 0.6 is 0 Å². The van der Waals surface area contributed by atoms with Crippen molar-refractivity contribution in [2.45, 2.75) is 52.9 Å². The third kappa shape index (κ3) is 10.6. The first-order valence-electron chi connectivity index (χ1n) is 14.5. The number of aromatic hydroxyl groups is 2. The molecule has 0 aromatic heterocycles. The van der Waals surface area contributed by atoms with Gasteiger partial charge < -0.3 is 35.0 Å². The van der Waals surface area contributed by atoms with Crippen LogP contribution in [-0.4, -0.2) is 104 Å². The fourth-order valence-electron chi connectivity index (χ4n) is 5.26. The summed E-state index contributed by atoms with van der Waals surface area (Å²) < 4.78 is 6.21. The molecule has 1 aromatic carbocycles. The highest BCUT2D eigenvalue weighted by Crippen LogP contribution is 2.36. The van der Waals surface area contributed by atoms with Gasteiger partial charge >= 0.3 is 0 Å². The first-order chi connectivity index (χ1) is 18.8. The Bertz CT molecular complexity index is 989. The number of hydrogen-bond acceptors (Lipinski definition) is 6. The molecule has 1 aliphatic heterocycles. The van der Waals surface area contributed by atoms with Crippen LogP contribution in [0.15, 0.2) is 18.2 Å². The monoisotopic (exact) mass is 563 g/mol. The van der Waals surface area contributed by atoms with Gasteiger partial charge in [0.25, 0.3) is 0 Å². The molecule has 0 bridgehead atoms. The predicted octanol–water partition coefficient (Wildman–Crippen LogP) is 2.28. The maximum absolute atomic E-state index is 13.7. The zero-order chi connectivity index (χ0) is 29.9. The highest BCUT2D eigenvalue weighted by Gasteiger charge is 2.40. The SMILES string of the molecule is CCC(CC(C)(CC(C)C(=O)N1CCOCC1)C(=O)NCCc1ccc(O)c(O)c1)C(=O)NCCC[N+](C)(C)C. The Morgan fingerprint density at radius 2 is 1.73 bits per heavy atom. The van der Waals surface area contributed by atoms with Crippen LogP contribution in [0.2, 0.25) is 0 Å². The van der Waals surface area contributed by atoms with Crippen molar-refractivity contribution in [1.29, 1.82) is 0 Å². The number of nitrogens with one attached hydrogen (secondary N) is 2. The second-order valence-electron chi connectivity index (χ2n) is 12.4. The molecule has 3 amide bonds. The van der Waals surface area contributed by atoms with Crippen LogP contribution in [0.4, 0.5) is 0 Å². The number of phenolic OH excluding ortho intramolecular Hbond substituents is 2. The average Bonchev–Trinajstić information content (AvgIpc) is 2.91. The van der Waals surface area contributed by atoms with Gasteiger partial charge in [-0.1, -0.05) is 26.8 Å². The maximum atomic E-state index is 13.7. The Hall–Kier alpha value is -2.85. The van der Waals surface area contributed by atoms with Crippen molar-refractivity contribution in [3.8, 4) is 11.5 Å². The van der Waals surface area contributed by atoms with Gasteiger partial charge in [0, 0.05) is 49.9 Å². The molecule has 0 aliphatic carbocycles.